The Bertz CT molecular complexity index is 455. The first kappa shape index (κ1) is 14.4. The second kappa shape index (κ2) is 6.44. The molecule has 0 aromatic heterocycles. The van der Waals surface area contributed by atoms with Crippen molar-refractivity contribution in [2.24, 2.45) is 0 Å². The molecule has 1 saturated heterocycles. The van der Waals surface area contributed by atoms with Crippen molar-refractivity contribution in [3.63, 3.8) is 0 Å². The number of nitrogens with zero attached hydrogens (tertiary/aromatic N) is 2. The van der Waals surface area contributed by atoms with E-state index in [0.29, 0.717) is 0 Å². The molecular weight excluding hydrogens is 256 g/mol. The number of carbonyl (C=O) groups excluding carboxylic acids is 1. The third-order valence-corrected chi connectivity index (χ3v) is 4.03. The molecule has 1 fully saturated rings. The second-order valence-corrected chi connectivity index (χ2v) is 5.79. The van der Waals surface area contributed by atoms with E-state index in [1.165, 1.54) is 25.9 Å². The number of amides is 1. The van der Waals surface area contributed by atoms with Gasteiger partial charge in [0.1, 0.15) is 0 Å². The molecule has 3 nitrogen and oxygen atoms in total. The van der Waals surface area contributed by atoms with Crippen LogP contribution in [0.4, 0.5) is 0 Å². The Morgan fingerprint density at radius 3 is 2.74 bits per heavy atom. The van der Waals surface area contributed by atoms with E-state index in [2.05, 4.69) is 17.5 Å². The summed E-state index contributed by atoms with van der Waals surface area (Å²) in [6, 6.07) is 5.72. The van der Waals surface area contributed by atoms with Crippen LogP contribution >= 0.6 is 12.6 Å². The standard InChI is InChI=1S/C15H22N2OS/c1-12-5-6-13(19)11-14(12)15(18)16(2)9-10-17-7-3-4-8-17/h5-6,11,19H,3-4,7-10H2,1-2H3. The van der Waals surface area contributed by atoms with E-state index in [-0.39, 0.29) is 5.91 Å². The summed E-state index contributed by atoms with van der Waals surface area (Å²) in [5.41, 5.74) is 1.77. The van der Waals surface area contributed by atoms with Crippen LogP contribution in [-0.4, -0.2) is 48.9 Å². The summed E-state index contributed by atoms with van der Waals surface area (Å²) in [4.78, 5) is 17.5. The van der Waals surface area contributed by atoms with E-state index in [1.54, 1.807) is 0 Å². The lowest BCUT2D eigenvalue weighted by molar-refractivity contribution is 0.0781. The molecule has 0 unspecified atom stereocenters. The molecule has 0 N–H and O–H groups in total. The van der Waals surface area contributed by atoms with Crippen LogP contribution in [-0.2, 0) is 0 Å². The highest BCUT2D eigenvalue weighted by Crippen LogP contribution is 2.16. The van der Waals surface area contributed by atoms with E-state index >= 15 is 0 Å². The zero-order chi connectivity index (χ0) is 13.8. The van der Waals surface area contributed by atoms with Gasteiger partial charge in [0.05, 0.1) is 0 Å². The van der Waals surface area contributed by atoms with E-state index in [9.17, 15) is 4.79 Å². The van der Waals surface area contributed by atoms with Crippen molar-refractivity contribution in [1.29, 1.82) is 0 Å². The van der Waals surface area contributed by atoms with Crippen LogP contribution < -0.4 is 0 Å². The molecule has 1 amide bonds. The second-order valence-electron chi connectivity index (χ2n) is 5.27. The largest absolute Gasteiger partial charge is 0.340 e. The number of aryl methyl sites for hydroxylation is 1. The van der Waals surface area contributed by atoms with Gasteiger partial charge in [-0.15, -0.1) is 12.6 Å². The normalized spacial score (nSPS) is 15.7. The van der Waals surface area contributed by atoms with Crippen molar-refractivity contribution < 1.29 is 4.79 Å². The van der Waals surface area contributed by atoms with Gasteiger partial charge in [-0.25, -0.2) is 0 Å². The molecule has 0 spiro atoms. The van der Waals surface area contributed by atoms with Crippen LogP contribution in [0.3, 0.4) is 0 Å². The first-order valence-corrected chi connectivity index (χ1v) is 7.30. The van der Waals surface area contributed by atoms with Gasteiger partial charge >= 0.3 is 0 Å². The lowest BCUT2D eigenvalue weighted by Crippen LogP contribution is -2.35. The number of hydrogen-bond donors (Lipinski definition) is 1. The van der Waals surface area contributed by atoms with Crippen LogP contribution in [0.5, 0.6) is 0 Å². The number of likely N-dealkylation sites (N-methyl/N-ethyl adjacent to an activating group) is 1. The Hall–Kier alpha value is -1.00. The summed E-state index contributed by atoms with van der Waals surface area (Å²) in [6.45, 7) is 6.08. The lowest BCUT2D eigenvalue weighted by atomic mass is 10.1. The number of rotatable bonds is 4. The van der Waals surface area contributed by atoms with Crippen molar-refractivity contribution in [1.82, 2.24) is 9.80 Å². The van der Waals surface area contributed by atoms with Gasteiger partial charge in [-0.3, -0.25) is 4.79 Å². The number of thiol groups is 1. The van der Waals surface area contributed by atoms with E-state index in [4.69, 9.17) is 0 Å². The summed E-state index contributed by atoms with van der Waals surface area (Å²) in [5.74, 6) is 0.0904. The Balaban J connectivity index is 1.95. The topological polar surface area (TPSA) is 23.6 Å². The maximum Gasteiger partial charge on any atom is 0.253 e. The summed E-state index contributed by atoms with van der Waals surface area (Å²) in [7, 11) is 1.88. The number of benzene rings is 1. The molecule has 1 aliphatic heterocycles. The summed E-state index contributed by atoms with van der Waals surface area (Å²) < 4.78 is 0. The fraction of sp³-hybridized carbons (Fsp3) is 0.533. The maximum absolute atomic E-state index is 12.4. The summed E-state index contributed by atoms with van der Waals surface area (Å²) in [6.07, 6.45) is 2.58. The van der Waals surface area contributed by atoms with Crippen LogP contribution in [0, 0.1) is 6.92 Å². The molecule has 0 atom stereocenters. The quantitative estimate of drug-likeness (QED) is 0.855. The molecule has 0 radical (unpaired) electrons. The van der Waals surface area contributed by atoms with Gasteiger partial charge in [0.2, 0.25) is 0 Å². The molecule has 0 aliphatic carbocycles. The smallest absolute Gasteiger partial charge is 0.253 e. The monoisotopic (exact) mass is 278 g/mol. The fourth-order valence-corrected chi connectivity index (χ4v) is 2.65. The van der Waals surface area contributed by atoms with E-state index in [1.807, 2.05) is 37.1 Å². The minimum absolute atomic E-state index is 0.0904. The Morgan fingerprint density at radius 2 is 2.05 bits per heavy atom. The molecular formula is C15H22N2OS. The molecule has 0 bridgehead atoms. The molecule has 1 heterocycles. The first-order chi connectivity index (χ1) is 9.08. The molecule has 2 rings (SSSR count). The Kier molecular flexibility index (Phi) is 4.88. The molecule has 4 heteroatoms. The summed E-state index contributed by atoms with van der Waals surface area (Å²) >= 11 is 4.31. The minimum atomic E-state index is 0.0904. The molecule has 104 valence electrons. The van der Waals surface area contributed by atoms with Gasteiger partial charge in [-0.1, -0.05) is 6.07 Å². The average Bonchev–Trinajstić information content (AvgIpc) is 2.91. The van der Waals surface area contributed by atoms with Crippen LogP contribution in [0.2, 0.25) is 0 Å². The van der Waals surface area contributed by atoms with E-state index < -0.39 is 0 Å². The molecule has 1 aromatic rings. The van der Waals surface area contributed by atoms with Crippen molar-refractivity contribution in [3.05, 3.63) is 29.3 Å². The third-order valence-electron chi connectivity index (χ3n) is 3.75. The van der Waals surface area contributed by atoms with Gasteiger partial charge in [0, 0.05) is 30.6 Å². The number of hydrogen-bond acceptors (Lipinski definition) is 3. The van der Waals surface area contributed by atoms with Gasteiger partial charge in [-0.2, -0.15) is 0 Å². The van der Waals surface area contributed by atoms with Crippen molar-refractivity contribution >= 4 is 18.5 Å². The van der Waals surface area contributed by atoms with Gasteiger partial charge in [0.15, 0.2) is 0 Å². The molecule has 0 saturated carbocycles. The predicted molar refractivity (Wildman–Crippen MR) is 81.1 cm³/mol. The highest BCUT2D eigenvalue weighted by atomic mass is 32.1. The maximum atomic E-state index is 12.4. The van der Waals surface area contributed by atoms with Crippen LogP contribution in [0.25, 0.3) is 0 Å². The Labute approximate surface area is 121 Å². The zero-order valence-corrected chi connectivity index (χ0v) is 12.6. The highest BCUT2D eigenvalue weighted by molar-refractivity contribution is 7.80. The number of carbonyl (C=O) groups is 1. The third kappa shape index (κ3) is 3.74. The predicted octanol–water partition coefficient (Wildman–Crippen LogP) is 2.45. The highest BCUT2D eigenvalue weighted by Gasteiger charge is 2.16. The van der Waals surface area contributed by atoms with Crippen molar-refractivity contribution in [2.45, 2.75) is 24.7 Å². The Morgan fingerprint density at radius 1 is 1.37 bits per heavy atom. The van der Waals surface area contributed by atoms with Crippen LogP contribution in [0.15, 0.2) is 23.1 Å². The lowest BCUT2D eigenvalue weighted by Gasteiger charge is -2.22. The van der Waals surface area contributed by atoms with Gasteiger partial charge in [-0.05, 0) is 50.6 Å². The SMILES string of the molecule is Cc1ccc(S)cc1C(=O)N(C)CCN1CCCC1. The van der Waals surface area contributed by atoms with Gasteiger partial charge < -0.3 is 9.80 Å². The summed E-state index contributed by atoms with van der Waals surface area (Å²) in [5, 5.41) is 0. The van der Waals surface area contributed by atoms with Crippen molar-refractivity contribution in [2.75, 3.05) is 33.2 Å². The average molecular weight is 278 g/mol. The zero-order valence-electron chi connectivity index (χ0n) is 11.7. The molecule has 19 heavy (non-hydrogen) atoms. The van der Waals surface area contributed by atoms with Gasteiger partial charge in [0.25, 0.3) is 5.91 Å². The minimum Gasteiger partial charge on any atom is -0.340 e. The fourth-order valence-electron chi connectivity index (χ4n) is 2.45. The molecule has 1 aliphatic rings. The first-order valence-electron chi connectivity index (χ1n) is 6.85. The van der Waals surface area contributed by atoms with Crippen LogP contribution in [0.1, 0.15) is 28.8 Å². The number of likely N-dealkylation sites (tertiary alicyclic amines) is 1. The molecule has 1 aromatic carbocycles. The van der Waals surface area contributed by atoms with E-state index in [0.717, 1.165) is 29.1 Å². The van der Waals surface area contributed by atoms with Crippen molar-refractivity contribution in [3.8, 4) is 0 Å².